The van der Waals surface area contributed by atoms with Gasteiger partial charge in [0.05, 0.1) is 28.6 Å². The van der Waals surface area contributed by atoms with Crippen LogP contribution in [0.4, 0.5) is 0 Å². The number of nitrogens with zero attached hydrogens (tertiary/aromatic N) is 3. The van der Waals surface area contributed by atoms with Crippen LogP contribution in [-0.2, 0) is 10.8 Å². The van der Waals surface area contributed by atoms with E-state index in [1.54, 1.807) is 13.2 Å². The minimum absolute atomic E-state index is 0.444. The number of rotatable bonds is 7. The largest absolute Gasteiger partial charge is 0.481 e. The van der Waals surface area contributed by atoms with Gasteiger partial charge in [0.15, 0.2) is 10.8 Å². The highest BCUT2D eigenvalue weighted by atomic mass is 32.2. The zero-order chi connectivity index (χ0) is 14.4. The molecule has 1 unspecified atom stereocenters. The molecule has 0 amide bonds. The lowest BCUT2D eigenvalue weighted by Gasteiger charge is -1.96. The van der Waals surface area contributed by atoms with Crippen molar-refractivity contribution in [2.45, 2.75) is 18.0 Å². The maximum absolute atomic E-state index is 12.1. The Morgan fingerprint density at radius 2 is 2.30 bits per heavy atom. The van der Waals surface area contributed by atoms with Gasteiger partial charge in [0, 0.05) is 18.4 Å². The van der Waals surface area contributed by atoms with Crippen LogP contribution >= 0.6 is 12.2 Å². The molecule has 0 fully saturated rings. The van der Waals surface area contributed by atoms with Crippen LogP contribution in [0, 0.1) is 0 Å². The van der Waals surface area contributed by atoms with E-state index in [1.165, 1.54) is 0 Å². The van der Waals surface area contributed by atoms with Crippen molar-refractivity contribution in [3.63, 3.8) is 0 Å². The number of hydrogen-bond acceptors (Lipinski definition) is 6. The minimum atomic E-state index is -1.17. The molecule has 0 aliphatic heterocycles. The molecule has 2 aromatic rings. The number of nitrogens with one attached hydrogen (secondary N) is 1. The third-order valence-electron chi connectivity index (χ3n) is 2.64. The van der Waals surface area contributed by atoms with E-state index in [9.17, 15) is 4.21 Å². The number of H-pyrrole nitrogens is 1. The van der Waals surface area contributed by atoms with E-state index in [2.05, 4.69) is 37.3 Å². The topological polar surface area (TPSA) is 80.2 Å². The Morgan fingerprint density at radius 1 is 1.45 bits per heavy atom. The maximum atomic E-state index is 12.1. The molecule has 0 saturated carbocycles. The predicted molar refractivity (Wildman–Crippen MR) is 80.8 cm³/mol. The molecular formula is C12H14N4O2S2. The van der Waals surface area contributed by atoms with Gasteiger partial charge in [-0.05, 0) is 31.1 Å². The number of aromatic nitrogens is 3. The lowest BCUT2D eigenvalue weighted by Crippen LogP contribution is -2.00. The van der Waals surface area contributed by atoms with Crippen LogP contribution in [0.15, 0.2) is 22.3 Å². The van der Waals surface area contributed by atoms with Crippen molar-refractivity contribution >= 4 is 39.3 Å². The summed E-state index contributed by atoms with van der Waals surface area (Å²) in [5, 5.41) is 2.75. The van der Waals surface area contributed by atoms with Gasteiger partial charge in [0.2, 0.25) is 5.88 Å². The quantitative estimate of drug-likeness (QED) is 0.480. The van der Waals surface area contributed by atoms with Crippen molar-refractivity contribution < 1.29 is 8.95 Å². The molecule has 0 spiro atoms. The Balaban J connectivity index is 2.01. The second-order valence-electron chi connectivity index (χ2n) is 4.00. The molecule has 20 heavy (non-hydrogen) atoms. The summed E-state index contributed by atoms with van der Waals surface area (Å²) in [5.74, 6) is 1.02. The van der Waals surface area contributed by atoms with E-state index in [4.69, 9.17) is 4.74 Å². The van der Waals surface area contributed by atoms with Crippen LogP contribution in [-0.4, -0.2) is 43.7 Å². The Bertz CT molecular complexity index is 665. The number of unbranched alkanes of at least 4 members (excludes halogenated alkanes) is 1. The first-order valence-corrected chi connectivity index (χ1v) is 7.80. The standard InChI is InChI=1S/C12H14N4O2S2/c1-18-10-5-4-9-11(15-10)16-12(14-9)20(17)7-3-2-6-13-8-19/h4-5H,2-3,6-7H2,1H3,(H,14,15,16). The molecular weight excluding hydrogens is 296 g/mol. The average Bonchev–Trinajstić information content (AvgIpc) is 2.89. The first-order valence-electron chi connectivity index (χ1n) is 6.07. The summed E-state index contributed by atoms with van der Waals surface area (Å²) in [7, 11) is 0.379. The molecule has 2 heterocycles. The summed E-state index contributed by atoms with van der Waals surface area (Å²) in [6, 6.07) is 3.54. The van der Waals surface area contributed by atoms with Crippen LogP contribution in [0.3, 0.4) is 0 Å². The van der Waals surface area contributed by atoms with Gasteiger partial charge in [-0.2, -0.15) is 4.98 Å². The van der Waals surface area contributed by atoms with Crippen LogP contribution in [0.1, 0.15) is 12.8 Å². The minimum Gasteiger partial charge on any atom is -0.481 e. The van der Waals surface area contributed by atoms with Gasteiger partial charge >= 0.3 is 0 Å². The number of isothiocyanates is 1. The number of hydrogen-bond donors (Lipinski definition) is 1. The fraction of sp³-hybridized carbons (Fsp3) is 0.417. The molecule has 0 aliphatic carbocycles. The smallest absolute Gasteiger partial charge is 0.215 e. The molecule has 8 heteroatoms. The molecule has 0 aromatic carbocycles. The van der Waals surface area contributed by atoms with Crippen molar-refractivity contribution in [3.8, 4) is 5.88 Å². The summed E-state index contributed by atoms with van der Waals surface area (Å²) in [4.78, 5) is 15.3. The Kier molecular flexibility index (Phi) is 5.34. The van der Waals surface area contributed by atoms with E-state index in [0.29, 0.717) is 29.0 Å². The number of thiocarbonyl (C=S) groups is 1. The normalized spacial score (nSPS) is 12.1. The van der Waals surface area contributed by atoms with Crippen LogP contribution in [0.5, 0.6) is 5.88 Å². The lowest BCUT2D eigenvalue weighted by atomic mass is 10.3. The molecule has 1 N–H and O–H groups in total. The first kappa shape index (κ1) is 14.8. The van der Waals surface area contributed by atoms with Gasteiger partial charge in [-0.1, -0.05) is 0 Å². The first-order chi connectivity index (χ1) is 9.74. The Morgan fingerprint density at radius 3 is 3.05 bits per heavy atom. The van der Waals surface area contributed by atoms with E-state index < -0.39 is 10.8 Å². The van der Waals surface area contributed by atoms with E-state index >= 15 is 0 Å². The van der Waals surface area contributed by atoms with Crippen LogP contribution in [0.2, 0.25) is 0 Å². The molecule has 2 rings (SSSR count). The summed E-state index contributed by atoms with van der Waals surface area (Å²) >= 11 is 4.48. The van der Waals surface area contributed by atoms with E-state index in [-0.39, 0.29) is 0 Å². The fourth-order valence-corrected chi connectivity index (χ4v) is 2.80. The summed E-state index contributed by atoms with van der Waals surface area (Å²) in [6.07, 6.45) is 1.63. The number of methoxy groups -OCH3 is 1. The predicted octanol–water partition coefficient (Wildman–Crippen LogP) is 1.96. The zero-order valence-corrected chi connectivity index (χ0v) is 12.6. The monoisotopic (exact) mass is 310 g/mol. The van der Waals surface area contributed by atoms with Gasteiger partial charge in [0.25, 0.3) is 0 Å². The molecule has 0 radical (unpaired) electrons. The molecule has 106 valence electrons. The lowest BCUT2D eigenvalue weighted by molar-refractivity contribution is 0.399. The molecule has 0 saturated heterocycles. The molecule has 6 nitrogen and oxygen atoms in total. The highest BCUT2D eigenvalue weighted by Gasteiger charge is 2.11. The molecule has 0 aliphatic rings. The Labute approximate surface area is 124 Å². The van der Waals surface area contributed by atoms with Crippen LogP contribution < -0.4 is 4.74 Å². The number of aliphatic imine (C=N–C) groups is 1. The van der Waals surface area contributed by atoms with Crippen molar-refractivity contribution in [1.29, 1.82) is 0 Å². The van der Waals surface area contributed by atoms with E-state index in [1.807, 2.05) is 6.07 Å². The highest BCUT2D eigenvalue weighted by molar-refractivity contribution is 7.84. The molecule has 2 aromatic heterocycles. The average molecular weight is 310 g/mol. The van der Waals surface area contributed by atoms with Gasteiger partial charge in [-0.25, -0.2) is 9.98 Å². The second kappa shape index (κ2) is 7.23. The third-order valence-corrected chi connectivity index (χ3v) is 4.05. The van der Waals surface area contributed by atoms with Gasteiger partial charge < -0.3 is 9.72 Å². The molecule has 1 atom stereocenters. The summed E-state index contributed by atoms with van der Waals surface area (Å²) in [6.45, 7) is 0.625. The van der Waals surface area contributed by atoms with E-state index in [0.717, 1.165) is 18.4 Å². The SMILES string of the molecule is COc1ccc2[nH]c(S(=O)CCCCN=C=S)nc2n1. The zero-order valence-electron chi connectivity index (χ0n) is 11.0. The van der Waals surface area contributed by atoms with Crippen LogP contribution in [0.25, 0.3) is 11.2 Å². The number of fused-ring (bicyclic) bond motifs is 1. The summed E-state index contributed by atoms with van der Waals surface area (Å²) < 4.78 is 17.1. The number of imidazole rings is 1. The molecule has 0 bridgehead atoms. The number of aromatic amines is 1. The van der Waals surface area contributed by atoms with Gasteiger partial charge in [-0.3, -0.25) is 4.21 Å². The van der Waals surface area contributed by atoms with Gasteiger partial charge in [0.1, 0.15) is 0 Å². The highest BCUT2D eigenvalue weighted by Crippen LogP contribution is 2.16. The Hall–Kier alpha value is -1.63. The number of ether oxygens (including phenoxy) is 1. The van der Waals surface area contributed by atoms with Crippen molar-refractivity contribution in [2.24, 2.45) is 4.99 Å². The number of pyridine rings is 1. The van der Waals surface area contributed by atoms with Gasteiger partial charge in [-0.15, -0.1) is 0 Å². The fourth-order valence-electron chi connectivity index (χ4n) is 1.64. The summed E-state index contributed by atoms with van der Waals surface area (Å²) in [5.41, 5.74) is 1.26. The second-order valence-corrected chi connectivity index (χ2v) is 5.67. The maximum Gasteiger partial charge on any atom is 0.215 e. The third kappa shape index (κ3) is 3.69. The van der Waals surface area contributed by atoms with Crippen molar-refractivity contribution in [2.75, 3.05) is 19.4 Å². The van der Waals surface area contributed by atoms with Crippen molar-refractivity contribution in [3.05, 3.63) is 12.1 Å². The van der Waals surface area contributed by atoms with Crippen molar-refractivity contribution in [1.82, 2.24) is 15.0 Å².